The molecule has 0 aliphatic rings. The molecule has 0 spiro atoms. The van der Waals surface area contributed by atoms with E-state index < -0.39 is 0 Å². The molecule has 0 aromatic carbocycles. The summed E-state index contributed by atoms with van der Waals surface area (Å²) in [7, 11) is 0. The largest absolute Gasteiger partial charge is 0.225 e. The highest BCUT2D eigenvalue weighted by molar-refractivity contribution is 7.05. The molecule has 9 heavy (non-hydrogen) atoms. The van der Waals surface area contributed by atoms with Gasteiger partial charge in [-0.25, -0.2) is 4.98 Å². The SMILES string of the molecule is Cc1nc(C(C)C)ns1. The van der Waals surface area contributed by atoms with Crippen molar-refractivity contribution >= 4 is 11.5 Å². The summed E-state index contributed by atoms with van der Waals surface area (Å²) >= 11 is 1.47. The molecular formula is C6H10N2S. The minimum Gasteiger partial charge on any atom is -0.225 e. The summed E-state index contributed by atoms with van der Waals surface area (Å²) in [4.78, 5) is 4.22. The van der Waals surface area contributed by atoms with Crippen molar-refractivity contribution in [3.05, 3.63) is 10.8 Å². The Kier molecular flexibility index (Phi) is 1.81. The molecule has 0 bridgehead atoms. The highest BCUT2D eigenvalue weighted by Crippen LogP contribution is 2.11. The Morgan fingerprint density at radius 2 is 2.11 bits per heavy atom. The highest BCUT2D eigenvalue weighted by atomic mass is 32.1. The summed E-state index contributed by atoms with van der Waals surface area (Å²) in [5.74, 6) is 1.44. The molecule has 0 radical (unpaired) electrons. The highest BCUT2D eigenvalue weighted by Gasteiger charge is 2.02. The molecule has 0 fully saturated rings. The summed E-state index contributed by atoms with van der Waals surface area (Å²) < 4.78 is 4.15. The number of rotatable bonds is 1. The predicted octanol–water partition coefficient (Wildman–Crippen LogP) is 1.97. The summed E-state index contributed by atoms with van der Waals surface area (Å²) in [6, 6.07) is 0. The smallest absolute Gasteiger partial charge is 0.145 e. The van der Waals surface area contributed by atoms with E-state index in [4.69, 9.17) is 0 Å². The molecular weight excluding hydrogens is 132 g/mol. The standard InChI is InChI=1S/C6H10N2S/c1-4(2)6-7-5(3)9-8-6/h4H,1-3H3. The van der Waals surface area contributed by atoms with E-state index in [-0.39, 0.29) is 0 Å². The monoisotopic (exact) mass is 142 g/mol. The van der Waals surface area contributed by atoms with Crippen LogP contribution in [-0.2, 0) is 0 Å². The Bertz CT molecular complexity index is 193. The van der Waals surface area contributed by atoms with Crippen LogP contribution in [0.5, 0.6) is 0 Å². The van der Waals surface area contributed by atoms with Crippen molar-refractivity contribution in [1.29, 1.82) is 0 Å². The Balaban J connectivity index is 2.85. The van der Waals surface area contributed by atoms with E-state index in [9.17, 15) is 0 Å². The van der Waals surface area contributed by atoms with Crippen molar-refractivity contribution in [3.63, 3.8) is 0 Å². The lowest BCUT2D eigenvalue weighted by molar-refractivity contribution is 0.795. The van der Waals surface area contributed by atoms with Crippen LogP contribution in [0, 0.1) is 6.92 Å². The maximum Gasteiger partial charge on any atom is 0.145 e. The number of hydrogen-bond donors (Lipinski definition) is 0. The molecule has 1 aromatic rings. The zero-order valence-electron chi connectivity index (χ0n) is 5.88. The first-order valence-corrected chi connectivity index (χ1v) is 3.77. The quantitative estimate of drug-likeness (QED) is 0.599. The van der Waals surface area contributed by atoms with E-state index in [1.807, 2.05) is 6.92 Å². The number of hydrogen-bond acceptors (Lipinski definition) is 3. The van der Waals surface area contributed by atoms with Crippen LogP contribution in [0.4, 0.5) is 0 Å². The van der Waals surface area contributed by atoms with E-state index >= 15 is 0 Å². The van der Waals surface area contributed by atoms with E-state index in [2.05, 4.69) is 23.2 Å². The second-order valence-electron chi connectivity index (χ2n) is 2.33. The van der Waals surface area contributed by atoms with Crippen LogP contribution >= 0.6 is 11.5 Å². The van der Waals surface area contributed by atoms with Gasteiger partial charge in [-0.05, 0) is 18.5 Å². The van der Waals surface area contributed by atoms with Gasteiger partial charge in [-0.15, -0.1) is 0 Å². The van der Waals surface area contributed by atoms with Crippen LogP contribution in [0.2, 0.25) is 0 Å². The van der Waals surface area contributed by atoms with Crippen LogP contribution < -0.4 is 0 Å². The summed E-state index contributed by atoms with van der Waals surface area (Å²) in [6.45, 7) is 6.17. The molecule has 0 aliphatic heterocycles. The van der Waals surface area contributed by atoms with E-state index in [1.54, 1.807) is 0 Å². The lowest BCUT2D eigenvalue weighted by Crippen LogP contribution is -1.88. The van der Waals surface area contributed by atoms with Gasteiger partial charge in [0.05, 0.1) is 0 Å². The van der Waals surface area contributed by atoms with Gasteiger partial charge in [0.15, 0.2) is 0 Å². The van der Waals surface area contributed by atoms with E-state index in [1.165, 1.54) is 11.5 Å². The average Bonchev–Trinajstić information content (AvgIpc) is 2.14. The van der Waals surface area contributed by atoms with Gasteiger partial charge in [-0.2, -0.15) is 4.37 Å². The summed E-state index contributed by atoms with van der Waals surface area (Å²) in [6.07, 6.45) is 0. The minimum atomic E-state index is 0.468. The van der Waals surface area contributed by atoms with E-state index in [0.29, 0.717) is 5.92 Å². The zero-order chi connectivity index (χ0) is 6.85. The zero-order valence-corrected chi connectivity index (χ0v) is 6.70. The van der Waals surface area contributed by atoms with Gasteiger partial charge >= 0.3 is 0 Å². The molecule has 1 aromatic heterocycles. The molecule has 0 saturated heterocycles. The molecule has 0 amide bonds. The number of nitrogens with zero attached hydrogens (tertiary/aromatic N) is 2. The second-order valence-corrected chi connectivity index (χ2v) is 3.28. The molecule has 0 atom stereocenters. The molecule has 2 nitrogen and oxygen atoms in total. The van der Waals surface area contributed by atoms with Crippen molar-refractivity contribution in [2.24, 2.45) is 0 Å². The molecule has 1 rings (SSSR count). The Hall–Kier alpha value is -0.440. The van der Waals surface area contributed by atoms with Crippen LogP contribution in [0.3, 0.4) is 0 Å². The average molecular weight is 142 g/mol. The van der Waals surface area contributed by atoms with Crippen molar-refractivity contribution < 1.29 is 0 Å². The van der Waals surface area contributed by atoms with Gasteiger partial charge in [0.2, 0.25) is 0 Å². The summed E-state index contributed by atoms with van der Waals surface area (Å²) in [5, 5.41) is 1.05. The first-order valence-electron chi connectivity index (χ1n) is 3.00. The Labute approximate surface area is 59.1 Å². The van der Waals surface area contributed by atoms with Crippen molar-refractivity contribution in [2.45, 2.75) is 26.7 Å². The number of aryl methyl sites for hydroxylation is 1. The lowest BCUT2D eigenvalue weighted by atomic mass is 10.2. The fraction of sp³-hybridized carbons (Fsp3) is 0.667. The van der Waals surface area contributed by atoms with Crippen molar-refractivity contribution in [1.82, 2.24) is 9.36 Å². The van der Waals surface area contributed by atoms with Crippen LogP contribution in [0.15, 0.2) is 0 Å². The Morgan fingerprint density at radius 3 is 2.33 bits per heavy atom. The predicted molar refractivity (Wildman–Crippen MR) is 38.7 cm³/mol. The van der Waals surface area contributed by atoms with Crippen molar-refractivity contribution in [2.75, 3.05) is 0 Å². The van der Waals surface area contributed by atoms with Crippen LogP contribution in [0.1, 0.15) is 30.6 Å². The van der Waals surface area contributed by atoms with Gasteiger partial charge < -0.3 is 0 Å². The number of aromatic nitrogens is 2. The molecule has 50 valence electrons. The van der Waals surface area contributed by atoms with Gasteiger partial charge in [0.1, 0.15) is 10.8 Å². The minimum absolute atomic E-state index is 0.468. The molecule has 0 saturated carbocycles. The molecule has 0 aliphatic carbocycles. The van der Waals surface area contributed by atoms with Crippen LogP contribution in [0.25, 0.3) is 0 Å². The first-order chi connectivity index (χ1) is 4.20. The maximum atomic E-state index is 4.22. The Morgan fingerprint density at radius 1 is 1.44 bits per heavy atom. The molecule has 0 N–H and O–H groups in total. The molecule has 1 heterocycles. The van der Waals surface area contributed by atoms with Gasteiger partial charge in [-0.1, -0.05) is 13.8 Å². The van der Waals surface area contributed by atoms with Gasteiger partial charge in [0, 0.05) is 5.92 Å². The summed E-state index contributed by atoms with van der Waals surface area (Å²) in [5.41, 5.74) is 0. The maximum absolute atomic E-state index is 4.22. The fourth-order valence-electron chi connectivity index (χ4n) is 0.549. The second kappa shape index (κ2) is 2.43. The first kappa shape index (κ1) is 6.68. The molecule has 3 heteroatoms. The third-order valence-electron chi connectivity index (χ3n) is 1.06. The van der Waals surface area contributed by atoms with E-state index in [0.717, 1.165) is 10.8 Å². The van der Waals surface area contributed by atoms with Crippen molar-refractivity contribution in [3.8, 4) is 0 Å². The topological polar surface area (TPSA) is 25.8 Å². The fourth-order valence-corrected chi connectivity index (χ4v) is 1.16. The third kappa shape index (κ3) is 1.48. The lowest BCUT2D eigenvalue weighted by Gasteiger charge is -1.92. The molecule has 0 unspecified atom stereocenters. The van der Waals surface area contributed by atoms with Gasteiger partial charge in [-0.3, -0.25) is 0 Å². The van der Waals surface area contributed by atoms with Crippen LogP contribution in [-0.4, -0.2) is 9.36 Å². The normalized spacial score (nSPS) is 10.7. The third-order valence-corrected chi connectivity index (χ3v) is 1.69. The van der Waals surface area contributed by atoms with Gasteiger partial charge in [0.25, 0.3) is 0 Å².